The molecule has 7 nitrogen and oxygen atoms in total. The molecule has 3 heterocycles. The van der Waals surface area contributed by atoms with Crippen molar-refractivity contribution in [1.29, 1.82) is 0 Å². The molecule has 0 N–H and O–H groups in total. The highest BCUT2D eigenvalue weighted by atomic mass is 16.6. The third kappa shape index (κ3) is 6.14. The largest absolute Gasteiger partial charge is 0.444 e. The number of piperidine rings is 1. The molecule has 1 aromatic heterocycles. The van der Waals surface area contributed by atoms with Crippen LogP contribution in [0.15, 0.2) is 30.5 Å². The van der Waals surface area contributed by atoms with Crippen LogP contribution in [0.2, 0.25) is 0 Å². The van der Waals surface area contributed by atoms with Gasteiger partial charge in [-0.05, 0) is 83.6 Å². The number of nitrogens with zero attached hydrogens (tertiary/aromatic N) is 4. The van der Waals surface area contributed by atoms with Gasteiger partial charge in [0.25, 0.3) is 5.91 Å². The lowest BCUT2D eigenvalue weighted by Gasteiger charge is -2.38. The van der Waals surface area contributed by atoms with Crippen LogP contribution >= 0.6 is 0 Å². The first kappa shape index (κ1) is 26.1. The summed E-state index contributed by atoms with van der Waals surface area (Å²) >= 11 is 0. The summed E-state index contributed by atoms with van der Waals surface area (Å²) in [7, 11) is 0. The number of aromatic nitrogens is 1. The summed E-state index contributed by atoms with van der Waals surface area (Å²) in [6.07, 6.45) is 11.4. The summed E-state index contributed by atoms with van der Waals surface area (Å²) in [5.41, 5.74) is 1.44. The van der Waals surface area contributed by atoms with Crippen molar-refractivity contribution in [3.63, 3.8) is 0 Å². The highest BCUT2D eigenvalue weighted by Gasteiger charge is 2.31. The smallest absolute Gasteiger partial charge is 0.410 e. The number of aryl methyl sites for hydroxylation is 1. The molecule has 1 aromatic carbocycles. The summed E-state index contributed by atoms with van der Waals surface area (Å²) in [4.78, 5) is 32.6. The van der Waals surface area contributed by atoms with Gasteiger partial charge in [-0.1, -0.05) is 12.8 Å². The van der Waals surface area contributed by atoms with Gasteiger partial charge in [0, 0.05) is 74.0 Å². The van der Waals surface area contributed by atoms with E-state index in [9.17, 15) is 9.59 Å². The zero-order chi connectivity index (χ0) is 26.0. The van der Waals surface area contributed by atoms with E-state index in [-0.39, 0.29) is 18.0 Å². The SMILES string of the molecule is CC(C)(C)OC(=O)N1CCCCC1CCn1ccc2cc(C(=O)N3CCN(C4CCCC4)CC3)ccc21. The Morgan fingerprint density at radius 3 is 2.38 bits per heavy atom. The molecule has 0 spiro atoms. The first-order chi connectivity index (χ1) is 17.8. The molecule has 3 fully saturated rings. The molecule has 202 valence electrons. The average molecular weight is 509 g/mol. The highest BCUT2D eigenvalue weighted by molar-refractivity contribution is 5.98. The molecule has 2 aromatic rings. The summed E-state index contributed by atoms with van der Waals surface area (Å²) in [5.74, 6) is 0.149. The Bertz CT molecular complexity index is 1090. The predicted octanol–water partition coefficient (Wildman–Crippen LogP) is 5.52. The van der Waals surface area contributed by atoms with Crippen LogP contribution in [0, 0.1) is 0 Å². The number of carbonyl (C=O) groups excluding carboxylic acids is 2. The van der Waals surface area contributed by atoms with E-state index >= 15 is 0 Å². The topological polar surface area (TPSA) is 58.0 Å². The van der Waals surface area contributed by atoms with Crippen LogP contribution in [-0.4, -0.2) is 81.7 Å². The van der Waals surface area contributed by atoms with E-state index in [1.165, 1.54) is 25.7 Å². The molecule has 0 radical (unpaired) electrons. The minimum absolute atomic E-state index is 0.149. The molecule has 1 saturated carbocycles. The standard InChI is InChI=1S/C30H44N4O3/c1-30(2,3)37-29(36)34-15-7-6-10-26(34)14-17-32-16-13-23-22-24(11-12-27(23)32)28(35)33-20-18-31(19-21-33)25-8-4-5-9-25/h11-13,16,22,25-26H,4-10,14-15,17-21H2,1-3H3. The first-order valence-corrected chi connectivity index (χ1v) is 14.4. The fourth-order valence-corrected chi connectivity index (χ4v) is 6.42. The van der Waals surface area contributed by atoms with Crippen LogP contribution in [-0.2, 0) is 11.3 Å². The van der Waals surface area contributed by atoms with Gasteiger partial charge in [-0.3, -0.25) is 9.69 Å². The van der Waals surface area contributed by atoms with Crippen LogP contribution in [0.1, 0.15) is 82.5 Å². The number of benzene rings is 1. The van der Waals surface area contributed by atoms with Crippen molar-refractivity contribution in [2.45, 2.75) is 96.4 Å². The molecule has 2 amide bonds. The highest BCUT2D eigenvalue weighted by Crippen LogP contribution is 2.27. The Hall–Kier alpha value is -2.54. The van der Waals surface area contributed by atoms with Crippen molar-refractivity contribution in [2.24, 2.45) is 0 Å². The second-order valence-electron chi connectivity index (χ2n) is 12.2. The first-order valence-electron chi connectivity index (χ1n) is 14.4. The molecule has 3 aliphatic rings. The number of ether oxygens (including phenoxy) is 1. The van der Waals surface area contributed by atoms with Crippen LogP contribution in [0.4, 0.5) is 4.79 Å². The maximum atomic E-state index is 13.3. The van der Waals surface area contributed by atoms with E-state index in [4.69, 9.17) is 4.74 Å². The maximum Gasteiger partial charge on any atom is 0.410 e. The van der Waals surface area contributed by atoms with Crippen LogP contribution in [0.25, 0.3) is 10.9 Å². The number of hydrogen-bond donors (Lipinski definition) is 0. The minimum Gasteiger partial charge on any atom is -0.444 e. The van der Waals surface area contributed by atoms with Crippen LogP contribution < -0.4 is 0 Å². The van der Waals surface area contributed by atoms with Gasteiger partial charge in [-0.15, -0.1) is 0 Å². The van der Waals surface area contributed by atoms with Crippen molar-refractivity contribution in [2.75, 3.05) is 32.7 Å². The van der Waals surface area contributed by atoms with Crippen LogP contribution in [0.3, 0.4) is 0 Å². The van der Waals surface area contributed by atoms with Crippen LogP contribution in [0.5, 0.6) is 0 Å². The zero-order valence-electron chi connectivity index (χ0n) is 23.0. The van der Waals surface area contributed by atoms with E-state index in [1.54, 1.807) is 0 Å². The zero-order valence-corrected chi connectivity index (χ0v) is 23.0. The lowest BCUT2D eigenvalue weighted by Crippen LogP contribution is -2.51. The number of rotatable bonds is 5. The van der Waals surface area contributed by atoms with Crippen molar-refractivity contribution in [3.05, 3.63) is 36.0 Å². The Kier molecular flexibility index (Phi) is 7.80. The van der Waals surface area contributed by atoms with Gasteiger partial charge in [-0.25, -0.2) is 4.79 Å². The molecule has 1 unspecified atom stereocenters. The Morgan fingerprint density at radius 2 is 1.65 bits per heavy atom. The number of fused-ring (bicyclic) bond motifs is 1. The fourth-order valence-electron chi connectivity index (χ4n) is 6.42. The fraction of sp³-hybridized carbons (Fsp3) is 0.667. The Labute approximate surface area is 221 Å². The van der Waals surface area contributed by atoms with E-state index in [0.717, 1.165) is 87.5 Å². The quantitative estimate of drug-likeness (QED) is 0.534. The summed E-state index contributed by atoms with van der Waals surface area (Å²) in [6.45, 7) is 11.0. The van der Waals surface area contributed by atoms with E-state index in [0.29, 0.717) is 0 Å². The van der Waals surface area contributed by atoms with Gasteiger partial charge < -0.3 is 19.1 Å². The number of carbonyl (C=O) groups is 2. The second-order valence-corrected chi connectivity index (χ2v) is 12.2. The van der Waals surface area contributed by atoms with Gasteiger partial charge in [0.15, 0.2) is 0 Å². The molecule has 7 heteroatoms. The molecule has 0 bridgehead atoms. The van der Waals surface area contributed by atoms with Crippen molar-refractivity contribution < 1.29 is 14.3 Å². The minimum atomic E-state index is -0.478. The van der Waals surface area contributed by atoms with E-state index in [2.05, 4.69) is 27.8 Å². The summed E-state index contributed by atoms with van der Waals surface area (Å²) in [6, 6.07) is 9.16. The normalized spacial score (nSPS) is 22.1. The Morgan fingerprint density at radius 1 is 0.919 bits per heavy atom. The lowest BCUT2D eigenvalue weighted by molar-refractivity contribution is 0.00841. The van der Waals surface area contributed by atoms with Gasteiger partial charge in [-0.2, -0.15) is 0 Å². The third-order valence-corrected chi connectivity index (χ3v) is 8.42. The maximum absolute atomic E-state index is 13.3. The number of amides is 2. The van der Waals surface area contributed by atoms with Gasteiger partial charge in [0.05, 0.1) is 0 Å². The van der Waals surface area contributed by atoms with Gasteiger partial charge in [0.2, 0.25) is 0 Å². The summed E-state index contributed by atoms with van der Waals surface area (Å²) < 4.78 is 7.93. The lowest BCUT2D eigenvalue weighted by atomic mass is 10.00. The number of piperazine rings is 1. The number of hydrogen-bond acceptors (Lipinski definition) is 4. The van der Waals surface area contributed by atoms with Gasteiger partial charge >= 0.3 is 6.09 Å². The molecular formula is C30H44N4O3. The average Bonchev–Trinajstić information content (AvgIpc) is 3.56. The molecular weight excluding hydrogens is 464 g/mol. The molecule has 1 atom stereocenters. The third-order valence-electron chi connectivity index (χ3n) is 8.42. The second kappa shape index (κ2) is 11.1. The van der Waals surface area contributed by atoms with Gasteiger partial charge in [0.1, 0.15) is 5.60 Å². The predicted molar refractivity (Wildman–Crippen MR) is 147 cm³/mol. The number of likely N-dealkylation sites (tertiary alicyclic amines) is 1. The van der Waals surface area contributed by atoms with E-state index in [1.807, 2.05) is 42.7 Å². The van der Waals surface area contributed by atoms with Crippen molar-refractivity contribution in [1.82, 2.24) is 19.3 Å². The monoisotopic (exact) mass is 508 g/mol. The Balaban J connectivity index is 1.19. The molecule has 37 heavy (non-hydrogen) atoms. The van der Waals surface area contributed by atoms with Crippen molar-refractivity contribution >= 4 is 22.9 Å². The summed E-state index contributed by atoms with van der Waals surface area (Å²) in [5, 5.41) is 1.10. The molecule has 2 saturated heterocycles. The molecule has 2 aliphatic heterocycles. The molecule has 5 rings (SSSR count). The molecule has 1 aliphatic carbocycles. The van der Waals surface area contributed by atoms with E-state index < -0.39 is 5.60 Å². The van der Waals surface area contributed by atoms with Crippen molar-refractivity contribution in [3.8, 4) is 0 Å².